The molecule has 1 atom stereocenters. The number of anilines is 2. The van der Waals surface area contributed by atoms with Crippen molar-refractivity contribution in [2.45, 2.75) is 10.1 Å². The molecule has 0 spiro atoms. The van der Waals surface area contributed by atoms with E-state index in [1.165, 1.54) is 11.8 Å². The van der Waals surface area contributed by atoms with E-state index in [2.05, 4.69) is 10.6 Å². The fourth-order valence-corrected chi connectivity index (χ4v) is 4.63. The minimum atomic E-state index is -0.520. The summed E-state index contributed by atoms with van der Waals surface area (Å²) in [4.78, 5) is 26.6. The Morgan fingerprint density at radius 1 is 0.711 bits per heavy atom. The van der Waals surface area contributed by atoms with Gasteiger partial charge in [-0.25, -0.2) is 0 Å². The van der Waals surface area contributed by atoms with E-state index in [4.69, 9.17) is 14.2 Å². The van der Waals surface area contributed by atoms with Gasteiger partial charge in [-0.1, -0.05) is 48.5 Å². The molecule has 0 saturated carbocycles. The predicted octanol–water partition coefficient (Wildman–Crippen LogP) is 6.19. The molecule has 0 bridgehead atoms. The number of hydrogen-bond donors (Lipinski definition) is 2. The third-order valence-corrected chi connectivity index (χ3v) is 6.73. The van der Waals surface area contributed by atoms with Crippen molar-refractivity contribution in [3.05, 3.63) is 109 Å². The second-order valence-electron chi connectivity index (χ2n) is 8.17. The normalized spacial score (nSPS) is 11.2. The molecule has 7 nitrogen and oxygen atoms in total. The van der Waals surface area contributed by atoms with Gasteiger partial charge in [-0.2, -0.15) is 0 Å². The molecule has 0 aromatic heterocycles. The predicted molar refractivity (Wildman–Crippen MR) is 150 cm³/mol. The van der Waals surface area contributed by atoms with Crippen LogP contribution in [0.2, 0.25) is 0 Å². The first kappa shape index (κ1) is 26.6. The molecule has 2 N–H and O–H groups in total. The molecule has 0 radical (unpaired) electrons. The van der Waals surface area contributed by atoms with E-state index in [0.29, 0.717) is 28.6 Å². The van der Waals surface area contributed by atoms with Gasteiger partial charge in [0, 0.05) is 34.5 Å². The molecule has 38 heavy (non-hydrogen) atoms. The average molecular weight is 529 g/mol. The molecule has 8 heteroatoms. The topological polar surface area (TPSA) is 85.9 Å². The summed E-state index contributed by atoms with van der Waals surface area (Å²) in [5.74, 6) is 1.34. The summed E-state index contributed by atoms with van der Waals surface area (Å²) in [6, 6.07) is 31.3. The first-order valence-electron chi connectivity index (χ1n) is 11.9. The summed E-state index contributed by atoms with van der Waals surface area (Å²) >= 11 is 1.41. The average Bonchev–Trinajstić information content (AvgIpc) is 2.96. The van der Waals surface area contributed by atoms with Gasteiger partial charge in [0.05, 0.1) is 14.2 Å². The third kappa shape index (κ3) is 7.54. The number of methoxy groups -OCH3 is 2. The number of nitrogens with one attached hydrogen (secondary N) is 2. The van der Waals surface area contributed by atoms with Gasteiger partial charge in [0.1, 0.15) is 22.5 Å². The SMILES string of the molecule is COc1cc(NC(=O)C(Sc2ccc(NC(=O)COc3ccccc3)cc2)c2ccccc2)cc(OC)c1. The molecule has 4 aromatic rings. The summed E-state index contributed by atoms with van der Waals surface area (Å²) in [6.07, 6.45) is 0. The second-order valence-corrected chi connectivity index (χ2v) is 9.35. The van der Waals surface area contributed by atoms with E-state index < -0.39 is 5.25 Å². The number of para-hydroxylation sites is 1. The number of hydrogen-bond acceptors (Lipinski definition) is 6. The van der Waals surface area contributed by atoms with Crippen molar-refractivity contribution < 1.29 is 23.8 Å². The molecule has 0 heterocycles. The summed E-state index contributed by atoms with van der Waals surface area (Å²) < 4.78 is 16.1. The Labute approximate surface area is 226 Å². The largest absolute Gasteiger partial charge is 0.497 e. The quantitative estimate of drug-likeness (QED) is 0.226. The van der Waals surface area contributed by atoms with Crippen LogP contribution in [0.3, 0.4) is 0 Å². The summed E-state index contributed by atoms with van der Waals surface area (Å²) in [6.45, 7) is -0.0914. The Balaban J connectivity index is 1.43. The summed E-state index contributed by atoms with van der Waals surface area (Å²) in [5, 5.41) is 5.29. The van der Waals surface area contributed by atoms with Gasteiger partial charge in [0.2, 0.25) is 5.91 Å². The molecule has 0 aliphatic heterocycles. The van der Waals surface area contributed by atoms with Crippen molar-refractivity contribution >= 4 is 35.0 Å². The monoisotopic (exact) mass is 528 g/mol. The smallest absolute Gasteiger partial charge is 0.262 e. The lowest BCUT2D eigenvalue weighted by Crippen LogP contribution is -2.20. The standard InChI is InChI=1S/C30H28N2O5S/c1-35-25-17-23(18-26(19-25)36-2)32-30(34)29(21-9-5-3-6-10-21)38-27-15-13-22(14-16-27)31-28(33)20-37-24-11-7-4-8-12-24/h3-19,29H,20H2,1-2H3,(H,31,33)(H,32,34). The van der Waals surface area contributed by atoms with Crippen LogP contribution in [0.1, 0.15) is 10.8 Å². The number of carbonyl (C=O) groups is 2. The van der Waals surface area contributed by atoms with Crippen molar-refractivity contribution in [3.8, 4) is 17.2 Å². The Bertz CT molecular complexity index is 1330. The lowest BCUT2D eigenvalue weighted by Gasteiger charge is -2.18. The van der Waals surface area contributed by atoms with Crippen molar-refractivity contribution in [1.29, 1.82) is 0 Å². The van der Waals surface area contributed by atoms with Crippen LogP contribution in [0.25, 0.3) is 0 Å². The maximum absolute atomic E-state index is 13.4. The molecule has 0 fully saturated rings. The van der Waals surface area contributed by atoms with E-state index >= 15 is 0 Å². The second kappa shape index (κ2) is 13.2. The number of carbonyl (C=O) groups excluding carboxylic acids is 2. The third-order valence-electron chi connectivity index (χ3n) is 5.46. The van der Waals surface area contributed by atoms with Crippen LogP contribution < -0.4 is 24.8 Å². The van der Waals surface area contributed by atoms with Gasteiger partial charge < -0.3 is 24.8 Å². The summed E-state index contributed by atoms with van der Waals surface area (Å²) in [7, 11) is 3.12. The Kier molecular flexibility index (Phi) is 9.26. The first-order valence-corrected chi connectivity index (χ1v) is 12.8. The molecular weight excluding hydrogens is 500 g/mol. The number of rotatable bonds is 11. The van der Waals surface area contributed by atoms with E-state index in [1.807, 2.05) is 60.7 Å². The number of thioether (sulfide) groups is 1. The Morgan fingerprint density at radius 2 is 1.32 bits per heavy atom. The first-order chi connectivity index (χ1) is 18.5. The molecule has 4 rings (SSSR count). The number of benzene rings is 4. The minimum Gasteiger partial charge on any atom is -0.497 e. The van der Waals surface area contributed by atoms with Crippen molar-refractivity contribution in [2.24, 2.45) is 0 Å². The highest BCUT2D eigenvalue weighted by molar-refractivity contribution is 8.00. The van der Waals surface area contributed by atoms with E-state index in [1.54, 1.807) is 56.7 Å². The van der Waals surface area contributed by atoms with Gasteiger partial charge in [0.15, 0.2) is 6.61 Å². The lowest BCUT2D eigenvalue weighted by atomic mass is 10.1. The van der Waals surface area contributed by atoms with E-state index in [0.717, 1.165) is 10.5 Å². The molecule has 0 aliphatic carbocycles. The zero-order chi connectivity index (χ0) is 26.7. The van der Waals surface area contributed by atoms with Crippen LogP contribution in [0, 0.1) is 0 Å². The molecule has 0 aliphatic rings. The van der Waals surface area contributed by atoms with Gasteiger partial charge in [-0.15, -0.1) is 11.8 Å². The van der Waals surface area contributed by atoms with Crippen LogP contribution in [0.15, 0.2) is 108 Å². The molecule has 4 aromatic carbocycles. The summed E-state index contributed by atoms with van der Waals surface area (Å²) in [5.41, 5.74) is 2.07. The zero-order valence-corrected chi connectivity index (χ0v) is 21.9. The van der Waals surface area contributed by atoms with Crippen LogP contribution in [0.5, 0.6) is 17.2 Å². The molecule has 0 saturated heterocycles. The Morgan fingerprint density at radius 3 is 1.92 bits per heavy atom. The maximum Gasteiger partial charge on any atom is 0.262 e. The van der Waals surface area contributed by atoms with Gasteiger partial charge >= 0.3 is 0 Å². The lowest BCUT2D eigenvalue weighted by molar-refractivity contribution is -0.118. The van der Waals surface area contributed by atoms with E-state index in [9.17, 15) is 9.59 Å². The highest BCUT2D eigenvalue weighted by atomic mass is 32.2. The molecule has 2 amide bonds. The molecule has 194 valence electrons. The van der Waals surface area contributed by atoms with Crippen molar-refractivity contribution in [1.82, 2.24) is 0 Å². The van der Waals surface area contributed by atoms with E-state index in [-0.39, 0.29) is 18.4 Å². The van der Waals surface area contributed by atoms with Crippen LogP contribution >= 0.6 is 11.8 Å². The fraction of sp³-hybridized carbons (Fsp3) is 0.133. The van der Waals surface area contributed by atoms with Gasteiger partial charge in [-0.05, 0) is 42.0 Å². The van der Waals surface area contributed by atoms with Crippen LogP contribution in [0.4, 0.5) is 11.4 Å². The number of amides is 2. The van der Waals surface area contributed by atoms with Crippen LogP contribution in [-0.2, 0) is 9.59 Å². The highest BCUT2D eigenvalue weighted by Gasteiger charge is 2.23. The van der Waals surface area contributed by atoms with Gasteiger partial charge in [-0.3, -0.25) is 9.59 Å². The highest BCUT2D eigenvalue weighted by Crippen LogP contribution is 2.37. The van der Waals surface area contributed by atoms with Gasteiger partial charge in [0.25, 0.3) is 5.91 Å². The molecular formula is C30H28N2O5S. The minimum absolute atomic E-state index is 0.0914. The van der Waals surface area contributed by atoms with Crippen molar-refractivity contribution in [3.63, 3.8) is 0 Å². The van der Waals surface area contributed by atoms with Crippen molar-refractivity contribution in [2.75, 3.05) is 31.5 Å². The number of ether oxygens (including phenoxy) is 3. The van der Waals surface area contributed by atoms with Crippen LogP contribution in [-0.4, -0.2) is 32.6 Å². The Hall–Kier alpha value is -4.43. The fourth-order valence-electron chi connectivity index (χ4n) is 3.60. The zero-order valence-electron chi connectivity index (χ0n) is 21.0. The molecule has 1 unspecified atom stereocenters. The maximum atomic E-state index is 13.4.